The van der Waals surface area contributed by atoms with Crippen LogP contribution in [0.3, 0.4) is 0 Å². The number of carbonyl (C=O) groups is 1. The number of carbonyl (C=O) groups excluding carboxylic acids is 1. The molecule has 0 aliphatic heterocycles. The van der Waals surface area contributed by atoms with Crippen LogP contribution in [0.5, 0.6) is 0 Å². The van der Waals surface area contributed by atoms with Crippen LogP contribution in [0, 0.1) is 0 Å². The second-order valence-electron chi connectivity index (χ2n) is 1.76. The Morgan fingerprint density at radius 1 is 1.45 bits per heavy atom. The monoisotopic (exact) mass is 172 g/mol. The average Bonchev–Trinajstić information content (AvgIpc) is 1.78. The molecule has 0 aliphatic rings. The maximum Gasteiger partial charge on any atom is 0.391 e. The number of hydrogen-bond acceptors (Lipinski definition) is 3. The number of rotatable bonds is 3. The standard InChI is InChI=1S/C5H7F3O3/c1-4(9)11-10-3-2-5(6,7)8/h2-3H2,1H3. The number of halogens is 3. The highest BCUT2D eigenvalue weighted by Crippen LogP contribution is 2.18. The molecule has 0 amide bonds. The molecule has 3 nitrogen and oxygen atoms in total. The number of hydrogen-bond donors (Lipinski definition) is 0. The van der Waals surface area contributed by atoms with Crippen LogP contribution in [-0.2, 0) is 14.6 Å². The zero-order valence-corrected chi connectivity index (χ0v) is 5.77. The fraction of sp³-hybridized carbons (Fsp3) is 0.800. The van der Waals surface area contributed by atoms with Gasteiger partial charge in [-0.3, -0.25) is 4.89 Å². The molecule has 11 heavy (non-hydrogen) atoms. The van der Waals surface area contributed by atoms with Gasteiger partial charge in [0.2, 0.25) is 0 Å². The third kappa shape index (κ3) is 9.22. The van der Waals surface area contributed by atoms with Crippen molar-refractivity contribution in [2.24, 2.45) is 0 Å². The molecule has 0 heterocycles. The van der Waals surface area contributed by atoms with Crippen molar-refractivity contribution in [1.82, 2.24) is 0 Å². The van der Waals surface area contributed by atoms with Gasteiger partial charge in [-0.2, -0.15) is 18.1 Å². The molecule has 0 rings (SSSR count). The lowest BCUT2D eigenvalue weighted by Gasteiger charge is -2.04. The Bertz CT molecular complexity index is 131. The molecule has 0 aromatic heterocycles. The molecule has 0 atom stereocenters. The van der Waals surface area contributed by atoms with Crippen molar-refractivity contribution in [3.63, 3.8) is 0 Å². The number of alkyl halides is 3. The van der Waals surface area contributed by atoms with Gasteiger partial charge in [0.25, 0.3) is 0 Å². The molecule has 0 aromatic carbocycles. The topological polar surface area (TPSA) is 35.5 Å². The first-order valence-electron chi connectivity index (χ1n) is 2.78. The van der Waals surface area contributed by atoms with Crippen molar-refractivity contribution in [1.29, 1.82) is 0 Å². The fourth-order valence-electron chi connectivity index (χ4n) is 0.282. The van der Waals surface area contributed by atoms with E-state index in [4.69, 9.17) is 0 Å². The molecule has 0 N–H and O–H groups in total. The molecule has 0 unspecified atom stereocenters. The van der Waals surface area contributed by atoms with Crippen LogP contribution in [-0.4, -0.2) is 18.8 Å². The molecule has 66 valence electrons. The summed E-state index contributed by atoms with van der Waals surface area (Å²) in [6.07, 6.45) is -5.40. The van der Waals surface area contributed by atoms with Crippen molar-refractivity contribution < 1.29 is 27.7 Å². The van der Waals surface area contributed by atoms with Crippen molar-refractivity contribution in [2.45, 2.75) is 19.5 Å². The van der Waals surface area contributed by atoms with Crippen molar-refractivity contribution in [2.75, 3.05) is 6.61 Å². The van der Waals surface area contributed by atoms with E-state index in [-0.39, 0.29) is 0 Å². The Hall–Kier alpha value is -0.780. The third-order valence-corrected chi connectivity index (χ3v) is 0.645. The van der Waals surface area contributed by atoms with E-state index in [0.29, 0.717) is 0 Å². The molecule has 0 radical (unpaired) electrons. The molecular weight excluding hydrogens is 165 g/mol. The van der Waals surface area contributed by atoms with E-state index in [9.17, 15) is 18.0 Å². The predicted octanol–water partition coefficient (Wildman–Crippen LogP) is 1.43. The highest BCUT2D eigenvalue weighted by molar-refractivity contribution is 5.65. The lowest BCUT2D eigenvalue weighted by Crippen LogP contribution is -2.12. The van der Waals surface area contributed by atoms with E-state index >= 15 is 0 Å². The van der Waals surface area contributed by atoms with Crippen LogP contribution in [0.4, 0.5) is 13.2 Å². The first-order valence-corrected chi connectivity index (χ1v) is 2.78. The van der Waals surface area contributed by atoms with Gasteiger partial charge < -0.3 is 0 Å². The van der Waals surface area contributed by atoms with E-state index < -0.39 is 25.2 Å². The van der Waals surface area contributed by atoms with E-state index in [1.54, 1.807) is 0 Å². The van der Waals surface area contributed by atoms with Crippen LogP contribution < -0.4 is 0 Å². The summed E-state index contributed by atoms with van der Waals surface area (Å²) in [5, 5.41) is 0. The van der Waals surface area contributed by atoms with Gasteiger partial charge in [-0.25, -0.2) is 4.79 Å². The van der Waals surface area contributed by atoms with Gasteiger partial charge in [-0.15, -0.1) is 0 Å². The SMILES string of the molecule is CC(=O)OOCCC(F)(F)F. The Balaban J connectivity index is 3.22. The molecule has 0 saturated heterocycles. The van der Waals surface area contributed by atoms with E-state index in [0.717, 1.165) is 6.92 Å². The minimum Gasteiger partial charge on any atom is -0.299 e. The van der Waals surface area contributed by atoms with Crippen LogP contribution in [0.1, 0.15) is 13.3 Å². The molecule has 0 spiro atoms. The van der Waals surface area contributed by atoms with Crippen molar-refractivity contribution in [3.8, 4) is 0 Å². The molecule has 6 heteroatoms. The summed E-state index contributed by atoms with van der Waals surface area (Å²) in [5.41, 5.74) is 0. The Morgan fingerprint density at radius 2 is 2.00 bits per heavy atom. The van der Waals surface area contributed by atoms with E-state index in [1.807, 2.05) is 0 Å². The van der Waals surface area contributed by atoms with Gasteiger partial charge in [-0.05, 0) is 0 Å². The normalized spacial score (nSPS) is 11.3. The quantitative estimate of drug-likeness (QED) is 0.367. The maximum atomic E-state index is 11.4. The van der Waals surface area contributed by atoms with Crippen molar-refractivity contribution >= 4 is 5.97 Å². The van der Waals surface area contributed by atoms with Gasteiger partial charge in [0.1, 0.15) is 6.61 Å². The van der Waals surface area contributed by atoms with Gasteiger partial charge in [-0.1, -0.05) is 0 Å². The Labute approximate surface area is 61.0 Å². The summed E-state index contributed by atoms with van der Waals surface area (Å²) < 4.78 is 34.1. The summed E-state index contributed by atoms with van der Waals surface area (Å²) in [7, 11) is 0. The second-order valence-corrected chi connectivity index (χ2v) is 1.76. The van der Waals surface area contributed by atoms with Crippen LogP contribution in [0.15, 0.2) is 0 Å². The summed E-state index contributed by atoms with van der Waals surface area (Å²) in [5.74, 6) is -0.771. The lowest BCUT2D eigenvalue weighted by molar-refractivity contribution is -0.281. The summed E-state index contributed by atoms with van der Waals surface area (Å²) in [6, 6.07) is 0. The van der Waals surface area contributed by atoms with Gasteiger partial charge in [0.05, 0.1) is 6.42 Å². The zero-order valence-electron chi connectivity index (χ0n) is 5.77. The second kappa shape index (κ2) is 4.17. The summed E-state index contributed by atoms with van der Waals surface area (Å²) >= 11 is 0. The molecule has 0 fully saturated rings. The predicted molar refractivity (Wildman–Crippen MR) is 28.4 cm³/mol. The van der Waals surface area contributed by atoms with Gasteiger partial charge >= 0.3 is 12.1 Å². The minimum absolute atomic E-state index is 0.664. The summed E-state index contributed by atoms with van der Waals surface area (Å²) in [6.45, 7) is 0.372. The van der Waals surface area contributed by atoms with E-state index in [1.165, 1.54) is 0 Å². The molecule has 0 saturated carbocycles. The minimum atomic E-state index is -4.28. The van der Waals surface area contributed by atoms with Crippen LogP contribution >= 0.6 is 0 Å². The molecule has 0 aromatic rings. The van der Waals surface area contributed by atoms with Crippen LogP contribution in [0.2, 0.25) is 0 Å². The van der Waals surface area contributed by atoms with Crippen molar-refractivity contribution in [3.05, 3.63) is 0 Å². The fourth-order valence-corrected chi connectivity index (χ4v) is 0.282. The molecule has 0 bridgehead atoms. The van der Waals surface area contributed by atoms with E-state index in [2.05, 4.69) is 9.78 Å². The first-order chi connectivity index (χ1) is 4.92. The zero-order chi connectivity index (χ0) is 8.91. The van der Waals surface area contributed by atoms with Crippen LogP contribution in [0.25, 0.3) is 0 Å². The highest BCUT2D eigenvalue weighted by atomic mass is 19.4. The highest BCUT2D eigenvalue weighted by Gasteiger charge is 2.26. The summed E-state index contributed by atoms with van der Waals surface area (Å²) in [4.78, 5) is 17.6. The largest absolute Gasteiger partial charge is 0.391 e. The van der Waals surface area contributed by atoms with Gasteiger partial charge in [0.15, 0.2) is 0 Å². The Morgan fingerprint density at radius 3 is 2.36 bits per heavy atom. The average molecular weight is 172 g/mol. The molecule has 0 aliphatic carbocycles. The smallest absolute Gasteiger partial charge is 0.299 e. The Kier molecular flexibility index (Phi) is 3.88. The lowest BCUT2D eigenvalue weighted by atomic mass is 10.5. The third-order valence-electron chi connectivity index (χ3n) is 0.645. The van der Waals surface area contributed by atoms with Gasteiger partial charge in [0, 0.05) is 6.92 Å². The maximum absolute atomic E-state index is 11.4. The molecular formula is C5H7F3O3. The first kappa shape index (κ1) is 10.2.